The summed E-state index contributed by atoms with van der Waals surface area (Å²) in [6.45, 7) is 3.19. The standard InChI is InChI=1S/C18H15BrClFN4O5S/c1-8-12(19)3-4-13(21)14(8)9(2)15(16-23-24-18(27)30-16)25-31(28,29)17-10(7-26)5-11(20)6-22-17/h3-7,9,15,25H,1-2H3,(H,24,27)/t9-,15+/m1/s1. The fourth-order valence-corrected chi connectivity index (χ4v) is 4.98. The van der Waals surface area contributed by atoms with Gasteiger partial charge >= 0.3 is 5.76 Å². The lowest BCUT2D eigenvalue weighted by molar-refractivity contribution is 0.111. The summed E-state index contributed by atoms with van der Waals surface area (Å²) in [6.07, 6.45) is 1.35. The van der Waals surface area contributed by atoms with Crippen molar-refractivity contribution in [2.75, 3.05) is 0 Å². The number of aromatic amines is 1. The van der Waals surface area contributed by atoms with Crippen molar-refractivity contribution in [2.45, 2.75) is 30.8 Å². The van der Waals surface area contributed by atoms with Crippen LogP contribution in [-0.2, 0) is 10.0 Å². The van der Waals surface area contributed by atoms with E-state index in [9.17, 15) is 22.4 Å². The third-order valence-electron chi connectivity index (χ3n) is 4.58. The van der Waals surface area contributed by atoms with Crippen molar-refractivity contribution in [2.24, 2.45) is 0 Å². The van der Waals surface area contributed by atoms with E-state index in [-0.39, 0.29) is 22.0 Å². The van der Waals surface area contributed by atoms with Gasteiger partial charge in [0.15, 0.2) is 11.3 Å². The van der Waals surface area contributed by atoms with Crippen LogP contribution in [0.5, 0.6) is 0 Å². The number of aldehydes is 1. The van der Waals surface area contributed by atoms with E-state index in [1.54, 1.807) is 6.92 Å². The van der Waals surface area contributed by atoms with Gasteiger partial charge in [0.05, 0.1) is 10.6 Å². The number of sulfonamides is 1. The summed E-state index contributed by atoms with van der Waals surface area (Å²) in [5.74, 6) is -2.71. The minimum atomic E-state index is -4.45. The third-order valence-corrected chi connectivity index (χ3v) is 7.06. The summed E-state index contributed by atoms with van der Waals surface area (Å²) >= 11 is 9.10. The topological polar surface area (TPSA) is 135 Å². The molecule has 2 atom stereocenters. The molecule has 0 bridgehead atoms. The zero-order valence-electron chi connectivity index (χ0n) is 16.0. The normalized spacial score (nSPS) is 13.7. The van der Waals surface area contributed by atoms with Gasteiger partial charge in [-0.15, -0.1) is 5.10 Å². The number of nitrogens with one attached hydrogen (secondary N) is 2. The highest BCUT2D eigenvalue weighted by Gasteiger charge is 2.34. The molecule has 3 aromatic rings. The predicted octanol–water partition coefficient (Wildman–Crippen LogP) is 3.26. The van der Waals surface area contributed by atoms with E-state index in [2.05, 4.69) is 35.8 Å². The SMILES string of the molecule is Cc1c(Br)ccc(F)c1[C@@H](C)[C@H](NS(=O)(=O)c1ncc(Cl)cc1C=O)c1n[nH]c(=O)o1. The van der Waals surface area contributed by atoms with Gasteiger partial charge < -0.3 is 4.42 Å². The molecule has 0 aliphatic rings. The Morgan fingerprint density at radius 1 is 1.39 bits per heavy atom. The van der Waals surface area contributed by atoms with Crippen LogP contribution in [0, 0.1) is 12.7 Å². The van der Waals surface area contributed by atoms with Crippen molar-refractivity contribution in [3.8, 4) is 0 Å². The smallest absolute Gasteiger partial charge is 0.391 e. The Labute approximate surface area is 189 Å². The summed E-state index contributed by atoms with van der Waals surface area (Å²) in [6, 6.07) is 2.56. The molecule has 13 heteroatoms. The lowest BCUT2D eigenvalue weighted by Crippen LogP contribution is -2.34. The van der Waals surface area contributed by atoms with Crippen molar-refractivity contribution >= 4 is 43.8 Å². The lowest BCUT2D eigenvalue weighted by Gasteiger charge is -2.24. The number of carbonyl (C=O) groups is 1. The van der Waals surface area contributed by atoms with Crippen molar-refractivity contribution in [3.63, 3.8) is 0 Å². The van der Waals surface area contributed by atoms with Crippen LogP contribution >= 0.6 is 27.5 Å². The van der Waals surface area contributed by atoms with Gasteiger partial charge in [-0.05, 0) is 36.2 Å². The maximum absolute atomic E-state index is 14.7. The van der Waals surface area contributed by atoms with E-state index in [0.29, 0.717) is 16.3 Å². The number of halogens is 3. The summed E-state index contributed by atoms with van der Waals surface area (Å²) in [5.41, 5.74) is 0.417. The van der Waals surface area contributed by atoms with Crippen LogP contribution in [-0.4, -0.2) is 29.9 Å². The molecule has 0 unspecified atom stereocenters. The molecule has 2 heterocycles. The average molecular weight is 534 g/mol. The van der Waals surface area contributed by atoms with Crippen LogP contribution in [0.2, 0.25) is 5.02 Å². The molecule has 0 amide bonds. The van der Waals surface area contributed by atoms with Gasteiger partial charge in [-0.3, -0.25) is 4.79 Å². The van der Waals surface area contributed by atoms with E-state index in [4.69, 9.17) is 16.0 Å². The van der Waals surface area contributed by atoms with Crippen LogP contribution < -0.4 is 10.5 Å². The second kappa shape index (κ2) is 8.99. The van der Waals surface area contributed by atoms with Crippen molar-refractivity contribution in [1.29, 1.82) is 0 Å². The molecular weight excluding hydrogens is 519 g/mol. The van der Waals surface area contributed by atoms with E-state index in [1.807, 2.05) is 0 Å². The molecule has 9 nitrogen and oxygen atoms in total. The second-order valence-corrected chi connectivity index (χ2v) is 9.49. The highest BCUT2D eigenvalue weighted by molar-refractivity contribution is 9.10. The van der Waals surface area contributed by atoms with E-state index in [1.165, 1.54) is 19.1 Å². The van der Waals surface area contributed by atoms with Gasteiger partial charge in [0.1, 0.15) is 11.9 Å². The maximum Gasteiger partial charge on any atom is 0.434 e. The fourth-order valence-electron chi connectivity index (χ4n) is 3.11. The van der Waals surface area contributed by atoms with Gasteiger partial charge in [0.25, 0.3) is 10.0 Å². The molecule has 0 saturated carbocycles. The molecule has 2 N–H and O–H groups in total. The summed E-state index contributed by atoms with van der Waals surface area (Å²) in [5, 5.41) is 5.23. The van der Waals surface area contributed by atoms with E-state index >= 15 is 0 Å². The third kappa shape index (κ3) is 4.76. The monoisotopic (exact) mass is 532 g/mol. The van der Waals surface area contributed by atoms with Crippen LogP contribution in [0.25, 0.3) is 0 Å². The van der Waals surface area contributed by atoms with Crippen molar-refractivity contribution in [3.05, 3.63) is 72.8 Å². The minimum absolute atomic E-state index is 0.0658. The largest absolute Gasteiger partial charge is 0.434 e. The maximum atomic E-state index is 14.7. The Morgan fingerprint density at radius 2 is 2.10 bits per heavy atom. The Kier molecular flexibility index (Phi) is 6.74. The molecule has 164 valence electrons. The Bertz CT molecular complexity index is 1310. The number of aromatic nitrogens is 3. The first-order valence-electron chi connectivity index (χ1n) is 8.68. The molecule has 0 aliphatic heterocycles. The number of hydrogen-bond donors (Lipinski definition) is 2. The van der Waals surface area contributed by atoms with E-state index in [0.717, 1.165) is 12.3 Å². The summed E-state index contributed by atoms with van der Waals surface area (Å²) in [4.78, 5) is 26.6. The number of hydrogen-bond acceptors (Lipinski definition) is 7. The van der Waals surface area contributed by atoms with E-state index < -0.39 is 38.6 Å². The van der Waals surface area contributed by atoms with Crippen LogP contribution in [0.15, 0.2) is 43.1 Å². The predicted molar refractivity (Wildman–Crippen MR) is 112 cm³/mol. The van der Waals surface area contributed by atoms with Gasteiger partial charge in [-0.25, -0.2) is 27.7 Å². The Morgan fingerprint density at radius 3 is 2.71 bits per heavy atom. The van der Waals surface area contributed by atoms with Gasteiger partial charge in [0, 0.05) is 16.6 Å². The number of rotatable bonds is 7. The zero-order valence-corrected chi connectivity index (χ0v) is 19.2. The molecule has 2 aromatic heterocycles. The number of pyridine rings is 1. The summed E-state index contributed by atoms with van der Waals surface area (Å²) < 4.78 is 48.7. The molecule has 0 saturated heterocycles. The minimum Gasteiger partial charge on any atom is -0.391 e. The number of benzene rings is 1. The quantitative estimate of drug-likeness (QED) is 0.445. The van der Waals surface area contributed by atoms with Gasteiger partial charge in [-0.2, -0.15) is 4.72 Å². The highest BCUT2D eigenvalue weighted by Crippen LogP contribution is 2.36. The molecule has 1 aromatic carbocycles. The molecule has 0 spiro atoms. The van der Waals surface area contributed by atoms with Crippen molar-refractivity contribution in [1.82, 2.24) is 19.9 Å². The molecule has 0 aliphatic carbocycles. The summed E-state index contributed by atoms with van der Waals surface area (Å²) in [7, 11) is -4.45. The first-order chi connectivity index (χ1) is 14.5. The number of H-pyrrole nitrogens is 1. The van der Waals surface area contributed by atoms with Crippen LogP contribution in [0.3, 0.4) is 0 Å². The molecule has 0 radical (unpaired) electrons. The molecule has 0 fully saturated rings. The molecule has 31 heavy (non-hydrogen) atoms. The van der Waals surface area contributed by atoms with Crippen LogP contribution in [0.4, 0.5) is 4.39 Å². The Balaban J connectivity index is 2.13. The first kappa shape index (κ1) is 23.3. The number of carbonyl (C=O) groups excluding carboxylic acids is 1. The highest BCUT2D eigenvalue weighted by atomic mass is 79.9. The fraction of sp³-hybridized carbons (Fsp3) is 0.222. The van der Waals surface area contributed by atoms with Crippen LogP contribution in [0.1, 0.15) is 46.3 Å². The Hall–Kier alpha value is -2.41. The zero-order chi connectivity index (χ0) is 22.9. The first-order valence-corrected chi connectivity index (χ1v) is 11.3. The number of nitrogens with zero attached hydrogens (tertiary/aromatic N) is 2. The average Bonchev–Trinajstić information content (AvgIpc) is 3.14. The van der Waals surface area contributed by atoms with Gasteiger partial charge in [-0.1, -0.05) is 34.5 Å². The van der Waals surface area contributed by atoms with Crippen molar-refractivity contribution < 1.29 is 22.0 Å². The second-order valence-electron chi connectivity index (χ2n) is 6.57. The lowest BCUT2D eigenvalue weighted by atomic mass is 9.90. The van der Waals surface area contributed by atoms with Gasteiger partial charge in [0.2, 0.25) is 5.89 Å². The molecular formula is C18H15BrClFN4O5S. The molecule has 3 rings (SSSR count).